The highest BCUT2D eigenvalue weighted by molar-refractivity contribution is 7.07. The van der Waals surface area contributed by atoms with Gasteiger partial charge in [0.15, 0.2) is 5.96 Å². The molecule has 7 heteroatoms. The van der Waals surface area contributed by atoms with Gasteiger partial charge in [-0.05, 0) is 54.3 Å². The van der Waals surface area contributed by atoms with Crippen LogP contribution in [0.4, 0.5) is 4.39 Å². The monoisotopic (exact) mass is 404 g/mol. The third kappa shape index (κ3) is 6.49. The van der Waals surface area contributed by atoms with Crippen LogP contribution < -0.4 is 15.4 Å². The average molecular weight is 405 g/mol. The van der Waals surface area contributed by atoms with E-state index in [-0.39, 0.29) is 11.9 Å². The fraction of sp³-hybridized carbons (Fsp3) is 0.476. The Morgan fingerprint density at radius 3 is 2.86 bits per heavy atom. The van der Waals surface area contributed by atoms with Crippen LogP contribution in [-0.2, 0) is 6.54 Å². The first kappa shape index (κ1) is 20.6. The molecule has 1 aromatic carbocycles. The largest absolute Gasteiger partial charge is 0.489 e. The lowest BCUT2D eigenvalue weighted by Crippen LogP contribution is -2.49. The van der Waals surface area contributed by atoms with Gasteiger partial charge < -0.3 is 15.4 Å². The van der Waals surface area contributed by atoms with E-state index in [1.54, 1.807) is 30.5 Å². The summed E-state index contributed by atoms with van der Waals surface area (Å²) in [5.41, 5.74) is 1.40. The fourth-order valence-electron chi connectivity index (χ4n) is 3.32. The minimum Gasteiger partial charge on any atom is -0.489 e. The summed E-state index contributed by atoms with van der Waals surface area (Å²) in [6.07, 6.45) is 2.09. The first-order valence-corrected chi connectivity index (χ1v) is 10.7. The maximum atomic E-state index is 13.3. The van der Waals surface area contributed by atoms with E-state index in [9.17, 15) is 4.39 Å². The van der Waals surface area contributed by atoms with Crippen molar-refractivity contribution in [3.05, 3.63) is 52.5 Å². The highest BCUT2D eigenvalue weighted by Crippen LogP contribution is 2.16. The minimum absolute atomic E-state index is 0.104. The Morgan fingerprint density at radius 1 is 1.36 bits per heavy atom. The van der Waals surface area contributed by atoms with Gasteiger partial charge in [0, 0.05) is 38.8 Å². The summed E-state index contributed by atoms with van der Waals surface area (Å²) in [6, 6.07) is 8.84. The topological polar surface area (TPSA) is 48.9 Å². The first-order chi connectivity index (χ1) is 13.6. The lowest BCUT2D eigenvalue weighted by molar-refractivity contribution is 0.198. The lowest BCUT2D eigenvalue weighted by Gasteiger charge is -2.33. The van der Waals surface area contributed by atoms with Gasteiger partial charge in [-0.15, -0.1) is 0 Å². The number of hydrogen-bond acceptors (Lipinski definition) is 4. The van der Waals surface area contributed by atoms with E-state index < -0.39 is 0 Å². The zero-order valence-corrected chi connectivity index (χ0v) is 17.3. The molecule has 1 saturated heterocycles. The van der Waals surface area contributed by atoms with Gasteiger partial charge in [-0.2, -0.15) is 11.3 Å². The zero-order chi connectivity index (χ0) is 19.8. The number of piperidine rings is 1. The Kier molecular flexibility index (Phi) is 7.68. The van der Waals surface area contributed by atoms with E-state index >= 15 is 0 Å². The van der Waals surface area contributed by atoms with Gasteiger partial charge in [0.2, 0.25) is 0 Å². The molecule has 28 heavy (non-hydrogen) atoms. The molecule has 3 rings (SSSR count). The molecule has 5 nitrogen and oxygen atoms in total. The van der Waals surface area contributed by atoms with E-state index in [0.29, 0.717) is 18.3 Å². The number of likely N-dealkylation sites (tertiary alicyclic amines) is 1. The molecule has 2 aromatic rings. The lowest BCUT2D eigenvalue weighted by atomic mass is 10.0. The van der Waals surface area contributed by atoms with Gasteiger partial charge >= 0.3 is 0 Å². The van der Waals surface area contributed by atoms with E-state index in [2.05, 4.69) is 37.4 Å². The molecule has 1 unspecified atom stereocenters. The molecule has 0 radical (unpaired) electrons. The van der Waals surface area contributed by atoms with Crippen LogP contribution in [0.1, 0.15) is 25.3 Å². The van der Waals surface area contributed by atoms with Crippen molar-refractivity contribution in [2.45, 2.75) is 38.5 Å². The second kappa shape index (κ2) is 10.4. The molecule has 1 atom stereocenters. The minimum atomic E-state index is -0.291. The second-order valence-corrected chi connectivity index (χ2v) is 7.95. The summed E-state index contributed by atoms with van der Waals surface area (Å²) >= 11 is 1.76. The van der Waals surface area contributed by atoms with Gasteiger partial charge in [-0.25, -0.2) is 4.39 Å². The maximum Gasteiger partial charge on any atom is 0.191 e. The summed E-state index contributed by atoms with van der Waals surface area (Å²) in [5, 5.41) is 11.2. The molecule has 2 heterocycles. The summed E-state index contributed by atoms with van der Waals surface area (Å²) < 4.78 is 19.0. The van der Waals surface area contributed by atoms with Crippen LogP contribution in [0.15, 0.2) is 46.1 Å². The van der Waals surface area contributed by atoms with Crippen LogP contribution in [0, 0.1) is 5.82 Å². The number of guanidine groups is 1. The van der Waals surface area contributed by atoms with Crippen molar-refractivity contribution in [1.82, 2.24) is 15.5 Å². The fourth-order valence-corrected chi connectivity index (χ4v) is 3.98. The van der Waals surface area contributed by atoms with E-state index in [1.807, 2.05) is 6.92 Å². The molecule has 0 saturated carbocycles. The molecule has 0 aliphatic carbocycles. The summed E-state index contributed by atoms with van der Waals surface area (Å²) in [5.74, 6) is 1.03. The van der Waals surface area contributed by atoms with Crippen LogP contribution in [0.25, 0.3) is 0 Å². The van der Waals surface area contributed by atoms with Gasteiger partial charge in [-0.3, -0.25) is 9.89 Å². The molecular formula is C21H29FN4OS. The summed E-state index contributed by atoms with van der Waals surface area (Å²) in [7, 11) is 1.78. The maximum absolute atomic E-state index is 13.3. The van der Waals surface area contributed by atoms with Crippen molar-refractivity contribution in [3.8, 4) is 5.75 Å². The van der Waals surface area contributed by atoms with Gasteiger partial charge in [0.1, 0.15) is 17.7 Å². The Bertz CT molecular complexity index is 745. The SMILES string of the molecule is CN=C(NCC(C)Oc1cccc(F)c1)NC1CCN(Cc2ccsc2)CC1. The molecule has 0 amide bonds. The number of aliphatic imine (C=N–C) groups is 1. The molecule has 1 aliphatic rings. The molecule has 1 aliphatic heterocycles. The van der Waals surface area contributed by atoms with Crippen LogP contribution >= 0.6 is 11.3 Å². The van der Waals surface area contributed by atoms with E-state index in [0.717, 1.165) is 38.4 Å². The Morgan fingerprint density at radius 2 is 2.18 bits per heavy atom. The number of benzene rings is 1. The van der Waals surface area contributed by atoms with E-state index in [4.69, 9.17) is 4.74 Å². The third-order valence-electron chi connectivity index (χ3n) is 4.83. The van der Waals surface area contributed by atoms with Gasteiger partial charge in [0.25, 0.3) is 0 Å². The Balaban J connectivity index is 1.37. The van der Waals surface area contributed by atoms with Crippen molar-refractivity contribution < 1.29 is 9.13 Å². The summed E-state index contributed by atoms with van der Waals surface area (Å²) in [4.78, 5) is 6.83. The Labute approximate surface area is 170 Å². The van der Waals surface area contributed by atoms with Crippen LogP contribution in [0.2, 0.25) is 0 Å². The Hall–Kier alpha value is -2.12. The quantitative estimate of drug-likeness (QED) is 0.548. The number of ether oxygens (including phenoxy) is 1. The predicted octanol–water partition coefficient (Wildman–Crippen LogP) is 3.48. The van der Waals surface area contributed by atoms with Gasteiger partial charge in [-0.1, -0.05) is 6.07 Å². The summed E-state index contributed by atoms with van der Waals surface area (Å²) in [6.45, 7) is 5.76. The number of nitrogens with one attached hydrogen (secondary N) is 2. The highest BCUT2D eigenvalue weighted by Gasteiger charge is 2.20. The van der Waals surface area contributed by atoms with Crippen molar-refractivity contribution >= 4 is 17.3 Å². The average Bonchev–Trinajstić information content (AvgIpc) is 3.19. The molecule has 1 aromatic heterocycles. The van der Waals surface area contributed by atoms with E-state index in [1.165, 1.54) is 17.7 Å². The van der Waals surface area contributed by atoms with Crippen molar-refractivity contribution in [1.29, 1.82) is 0 Å². The normalized spacial score (nSPS) is 17.3. The van der Waals surface area contributed by atoms with Crippen molar-refractivity contribution in [3.63, 3.8) is 0 Å². The molecular weight excluding hydrogens is 375 g/mol. The number of hydrogen-bond donors (Lipinski definition) is 2. The predicted molar refractivity (Wildman–Crippen MR) is 114 cm³/mol. The number of thiophene rings is 1. The second-order valence-electron chi connectivity index (χ2n) is 7.17. The van der Waals surface area contributed by atoms with Crippen LogP contribution in [0.5, 0.6) is 5.75 Å². The van der Waals surface area contributed by atoms with Crippen molar-refractivity contribution in [2.75, 3.05) is 26.7 Å². The van der Waals surface area contributed by atoms with Crippen molar-refractivity contribution in [2.24, 2.45) is 4.99 Å². The van der Waals surface area contributed by atoms with Crippen LogP contribution in [0.3, 0.4) is 0 Å². The highest BCUT2D eigenvalue weighted by atomic mass is 32.1. The number of halogens is 1. The first-order valence-electron chi connectivity index (χ1n) is 9.75. The number of rotatable bonds is 7. The number of nitrogens with zero attached hydrogens (tertiary/aromatic N) is 2. The molecule has 0 spiro atoms. The van der Waals surface area contributed by atoms with Crippen LogP contribution in [-0.4, -0.2) is 49.7 Å². The van der Waals surface area contributed by atoms with Gasteiger partial charge in [0.05, 0.1) is 6.54 Å². The molecule has 2 N–H and O–H groups in total. The third-order valence-corrected chi connectivity index (χ3v) is 5.56. The smallest absolute Gasteiger partial charge is 0.191 e. The zero-order valence-electron chi connectivity index (χ0n) is 16.5. The standard InChI is InChI=1S/C21H29FN4OS/c1-16(27-20-5-3-4-18(22)12-20)13-24-21(23-2)25-19-6-9-26(10-7-19)14-17-8-11-28-15-17/h3-5,8,11-12,15-16,19H,6-7,9-10,13-14H2,1-2H3,(H2,23,24,25). The molecule has 152 valence electrons. The molecule has 1 fully saturated rings. The molecule has 0 bridgehead atoms.